The van der Waals surface area contributed by atoms with Crippen molar-refractivity contribution < 1.29 is 24.1 Å². The summed E-state index contributed by atoms with van der Waals surface area (Å²) in [5.74, 6) is -1.20. The molecule has 2 aromatic rings. The molecule has 0 aliphatic rings. The van der Waals surface area contributed by atoms with Crippen molar-refractivity contribution in [2.45, 2.75) is 13.5 Å². The minimum Gasteiger partial charge on any atom is -0.478 e. The minimum atomic E-state index is -1.33. The first-order valence-corrected chi connectivity index (χ1v) is 5.41. The second-order valence-corrected chi connectivity index (χ2v) is 3.74. The lowest BCUT2D eigenvalue weighted by molar-refractivity contribution is -0.386. The molecule has 9 nitrogen and oxygen atoms in total. The van der Waals surface area contributed by atoms with Crippen molar-refractivity contribution in [3.8, 4) is 5.75 Å². The Balaban J connectivity index is 2.32. The lowest BCUT2D eigenvalue weighted by Gasteiger charge is -2.07. The number of para-hydroxylation sites is 1. The van der Waals surface area contributed by atoms with Gasteiger partial charge in [-0.15, -0.1) is 0 Å². The Morgan fingerprint density at radius 2 is 2.30 bits per heavy atom. The van der Waals surface area contributed by atoms with Crippen LogP contribution in [0.5, 0.6) is 5.75 Å². The van der Waals surface area contributed by atoms with Crippen molar-refractivity contribution in [1.82, 2.24) is 10.1 Å². The first-order chi connectivity index (χ1) is 9.49. The lowest BCUT2D eigenvalue weighted by atomic mass is 10.2. The van der Waals surface area contributed by atoms with Gasteiger partial charge in [0.2, 0.25) is 5.75 Å². The summed E-state index contributed by atoms with van der Waals surface area (Å²) in [6.07, 6.45) is 0. The Kier molecular flexibility index (Phi) is 3.60. The average molecular weight is 279 g/mol. The number of nitro groups is 1. The van der Waals surface area contributed by atoms with E-state index in [2.05, 4.69) is 10.1 Å². The van der Waals surface area contributed by atoms with Crippen molar-refractivity contribution >= 4 is 11.7 Å². The van der Waals surface area contributed by atoms with Gasteiger partial charge < -0.3 is 14.4 Å². The van der Waals surface area contributed by atoms with Gasteiger partial charge in [0, 0.05) is 6.07 Å². The van der Waals surface area contributed by atoms with Crippen LogP contribution in [0.3, 0.4) is 0 Å². The molecule has 1 heterocycles. The summed E-state index contributed by atoms with van der Waals surface area (Å²) in [6.45, 7) is 1.34. The number of rotatable bonds is 5. The fourth-order valence-electron chi connectivity index (χ4n) is 1.52. The molecule has 104 valence electrons. The summed E-state index contributed by atoms with van der Waals surface area (Å²) in [6, 6.07) is 3.63. The molecule has 0 bridgehead atoms. The van der Waals surface area contributed by atoms with Crippen LogP contribution < -0.4 is 4.74 Å². The van der Waals surface area contributed by atoms with E-state index in [-0.39, 0.29) is 23.8 Å². The zero-order valence-corrected chi connectivity index (χ0v) is 10.3. The van der Waals surface area contributed by atoms with Crippen LogP contribution in [0, 0.1) is 17.0 Å². The highest BCUT2D eigenvalue weighted by Gasteiger charge is 2.23. The van der Waals surface area contributed by atoms with Gasteiger partial charge in [0.1, 0.15) is 5.56 Å². The van der Waals surface area contributed by atoms with Gasteiger partial charge in [0.05, 0.1) is 4.92 Å². The molecule has 0 atom stereocenters. The SMILES string of the molecule is Cc1noc(COc2c(C(=O)O)cccc2[N+](=O)[O-])n1. The van der Waals surface area contributed by atoms with Crippen LogP contribution in [0.15, 0.2) is 22.7 Å². The average Bonchev–Trinajstić information content (AvgIpc) is 2.81. The summed E-state index contributed by atoms with van der Waals surface area (Å²) < 4.78 is 9.95. The van der Waals surface area contributed by atoms with E-state index in [9.17, 15) is 14.9 Å². The Morgan fingerprint density at radius 3 is 2.85 bits per heavy atom. The van der Waals surface area contributed by atoms with Crippen LogP contribution in [-0.2, 0) is 6.61 Å². The topological polar surface area (TPSA) is 129 Å². The van der Waals surface area contributed by atoms with Crippen LogP contribution >= 0.6 is 0 Å². The highest BCUT2D eigenvalue weighted by molar-refractivity contribution is 5.92. The maximum Gasteiger partial charge on any atom is 0.339 e. The molecule has 9 heteroatoms. The van der Waals surface area contributed by atoms with E-state index in [0.717, 1.165) is 6.07 Å². The zero-order chi connectivity index (χ0) is 14.7. The maximum atomic E-state index is 11.1. The minimum absolute atomic E-state index is 0.0944. The van der Waals surface area contributed by atoms with Gasteiger partial charge in [-0.25, -0.2) is 4.79 Å². The number of hydrogen-bond donors (Lipinski definition) is 1. The van der Waals surface area contributed by atoms with E-state index in [0.29, 0.717) is 5.82 Å². The number of carbonyl (C=O) groups is 1. The molecular formula is C11H9N3O6. The molecule has 1 N–H and O–H groups in total. The van der Waals surface area contributed by atoms with Gasteiger partial charge in [-0.2, -0.15) is 4.98 Å². The summed E-state index contributed by atoms with van der Waals surface area (Å²) >= 11 is 0. The van der Waals surface area contributed by atoms with Crippen molar-refractivity contribution in [2.75, 3.05) is 0 Å². The number of benzene rings is 1. The summed E-state index contributed by atoms with van der Waals surface area (Å²) in [4.78, 5) is 25.1. The molecule has 0 aliphatic heterocycles. The van der Waals surface area contributed by atoms with Gasteiger partial charge in [0.25, 0.3) is 5.89 Å². The van der Waals surface area contributed by atoms with E-state index in [4.69, 9.17) is 14.4 Å². The van der Waals surface area contributed by atoms with Gasteiger partial charge in [-0.05, 0) is 13.0 Å². The molecule has 0 unspecified atom stereocenters. The quantitative estimate of drug-likeness (QED) is 0.644. The zero-order valence-electron chi connectivity index (χ0n) is 10.3. The summed E-state index contributed by atoms with van der Waals surface area (Å²) in [5, 5.41) is 23.4. The van der Waals surface area contributed by atoms with Crippen LogP contribution in [0.25, 0.3) is 0 Å². The molecule has 0 aliphatic carbocycles. The van der Waals surface area contributed by atoms with E-state index >= 15 is 0 Å². The van der Waals surface area contributed by atoms with E-state index in [1.807, 2.05) is 0 Å². The predicted molar refractivity (Wildman–Crippen MR) is 63.4 cm³/mol. The number of carboxylic acids is 1. The number of hydrogen-bond acceptors (Lipinski definition) is 7. The van der Waals surface area contributed by atoms with E-state index < -0.39 is 16.6 Å². The van der Waals surface area contributed by atoms with Gasteiger partial charge in [-0.1, -0.05) is 11.2 Å². The van der Waals surface area contributed by atoms with Crippen LogP contribution in [-0.4, -0.2) is 26.1 Å². The molecular weight excluding hydrogens is 270 g/mol. The number of aryl methyl sites for hydroxylation is 1. The normalized spacial score (nSPS) is 10.2. The van der Waals surface area contributed by atoms with Crippen molar-refractivity contribution in [2.24, 2.45) is 0 Å². The molecule has 20 heavy (non-hydrogen) atoms. The number of nitrogens with zero attached hydrogens (tertiary/aromatic N) is 3. The molecule has 0 spiro atoms. The second kappa shape index (κ2) is 5.34. The number of ether oxygens (including phenoxy) is 1. The second-order valence-electron chi connectivity index (χ2n) is 3.74. The van der Waals surface area contributed by atoms with Crippen LogP contribution in [0.1, 0.15) is 22.1 Å². The third kappa shape index (κ3) is 2.71. The number of aromatic carboxylic acids is 1. The van der Waals surface area contributed by atoms with Gasteiger partial charge in [0.15, 0.2) is 12.4 Å². The summed E-state index contributed by atoms with van der Waals surface area (Å²) in [7, 11) is 0. The third-order valence-corrected chi connectivity index (χ3v) is 2.33. The highest BCUT2D eigenvalue weighted by atomic mass is 16.6. The molecule has 0 radical (unpaired) electrons. The van der Waals surface area contributed by atoms with Crippen LogP contribution in [0.4, 0.5) is 5.69 Å². The first kappa shape index (κ1) is 13.5. The Bertz CT molecular complexity index is 634. The van der Waals surface area contributed by atoms with Crippen molar-refractivity contribution in [1.29, 1.82) is 0 Å². The summed E-state index contributed by atoms with van der Waals surface area (Å²) in [5.41, 5.74) is -0.753. The van der Waals surface area contributed by atoms with Gasteiger partial charge >= 0.3 is 11.7 Å². The van der Waals surface area contributed by atoms with E-state index in [1.54, 1.807) is 6.92 Å². The monoisotopic (exact) mass is 279 g/mol. The van der Waals surface area contributed by atoms with Crippen LogP contribution in [0.2, 0.25) is 0 Å². The Labute approximate surface area is 111 Å². The predicted octanol–water partition coefficient (Wildman–Crippen LogP) is 1.56. The number of aromatic nitrogens is 2. The highest BCUT2D eigenvalue weighted by Crippen LogP contribution is 2.31. The molecule has 1 aromatic carbocycles. The molecule has 0 fully saturated rings. The fourth-order valence-corrected chi connectivity index (χ4v) is 1.52. The lowest BCUT2D eigenvalue weighted by Crippen LogP contribution is -2.06. The Hall–Kier alpha value is -2.97. The van der Waals surface area contributed by atoms with E-state index in [1.165, 1.54) is 12.1 Å². The molecule has 1 aromatic heterocycles. The van der Waals surface area contributed by atoms with Crippen molar-refractivity contribution in [3.63, 3.8) is 0 Å². The Morgan fingerprint density at radius 1 is 1.55 bits per heavy atom. The maximum absolute atomic E-state index is 11.1. The molecule has 0 amide bonds. The molecule has 0 saturated heterocycles. The molecule has 2 rings (SSSR count). The smallest absolute Gasteiger partial charge is 0.339 e. The van der Waals surface area contributed by atoms with Crippen molar-refractivity contribution in [3.05, 3.63) is 45.6 Å². The fraction of sp³-hybridized carbons (Fsp3) is 0.182. The third-order valence-electron chi connectivity index (χ3n) is 2.33. The molecule has 0 saturated carbocycles. The number of carboxylic acid groups (broad SMARTS) is 1. The first-order valence-electron chi connectivity index (χ1n) is 5.41. The standard InChI is InChI=1S/C11H9N3O6/c1-6-12-9(20-13-6)5-19-10-7(11(15)16)3-2-4-8(10)14(17)18/h2-4H,5H2,1H3,(H,15,16). The largest absolute Gasteiger partial charge is 0.478 e. The number of nitro benzene ring substituents is 1. The van der Waals surface area contributed by atoms with Gasteiger partial charge in [-0.3, -0.25) is 10.1 Å².